The summed E-state index contributed by atoms with van der Waals surface area (Å²) in [5.74, 6) is 0.769. The number of sulfonamides is 1. The van der Waals surface area contributed by atoms with Crippen molar-refractivity contribution in [2.24, 2.45) is 0 Å². The molecule has 1 N–H and O–H groups in total. The Bertz CT molecular complexity index is 990. The minimum atomic E-state index is -3.28. The predicted octanol–water partition coefficient (Wildman–Crippen LogP) is 3.49. The predicted molar refractivity (Wildman–Crippen MR) is 111 cm³/mol. The molecule has 0 saturated carbocycles. The molecule has 2 aromatic rings. The summed E-state index contributed by atoms with van der Waals surface area (Å²) in [7, 11) is -1.79. The topological polar surface area (TPSA) is 79.6 Å². The molecule has 0 saturated heterocycles. The van der Waals surface area contributed by atoms with Crippen LogP contribution in [-0.2, 0) is 21.4 Å². The number of nitrogens with zero attached hydrogens (tertiary/aromatic N) is 1. The van der Waals surface area contributed by atoms with Crippen LogP contribution in [0.5, 0.6) is 0 Å². The molecule has 1 heterocycles. The van der Waals surface area contributed by atoms with Gasteiger partial charge >= 0.3 is 0 Å². The van der Waals surface area contributed by atoms with Crippen molar-refractivity contribution in [3.8, 4) is 0 Å². The van der Waals surface area contributed by atoms with Gasteiger partial charge in [-0.25, -0.2) is 8.42 Å². The fraction of sp³-hybridized carbons (Fsp3) is 0.381. The van der Waals surface area contributed by atoms with Crippen LogP contribution in [0.3, 0.4) is 0 Å². The monoisotopic (exact) mass is 404 g/mol. The molecule has 0 fully saturated rings. The summed E-state index contributed by atoms with van der Waals surface area (Å²) in [5.41, 5.74) is 4.66. The molecule has 0 radical (unpaired) electrons. The maximum Gasteiger partial charge on any atom is 0.244 e. The standard InChI is InChI=1S/C21H28N2O4S/c1-14-11-16(3)20(12-15(14)2)17(4)22-21(24)10-9-18-7-8-19(27-18)13-23(5)28(6,25)26/h7-12,17H,13H2,1-6H3,(H,22,24)/b10-9+/t17-/m1/s1. The van der Waals surface area contributed by atoms with Gasteiger partial charge in [0, 0.05) is 13.1 Å². The Morgan fingerprint density at radius 1 is 1.18 bits per heavy atom. The highest BCUT2D eigenvalue weighted by atomic mass is 32.2. The number of benzene rings is 1. The first kappa shape index (κ1) is 21.9. The van der Waals surface area contributed by atoms with Crippen molar-refractivity contribution in [2.45, 2.75) is 40.3 Å². The molecule has 0 spiro atoms. The van der Waals surface area contributed by atoms with E-state index in [4.69, 9.17) is 4.42 Å². The van der Waals surface area contributed by atoms with Crippen LogP contribution in [0.4, 0.5) is 0 Å². The normalized spacial score (nSPS) is 13.2. The summed E-state index contributed by atoms with van der Waals surface area (Å²) in [6, 6.07) is 7.51. The van der Waals surface area contributed by atoms with Crippen LogP contribution in [-0.4, -0.2) is 31.9 Å². The Kier molecular flexibility index (Phi) is 6.85. The summed E-state index contributed by atoms with van der Waals surface area (Å²) < 4.78 is 29.7. The Morgan fingerprint density at radius 3 is 2.46 bits per heavy atom. The molecular formula is C21H28N2O4S. The highest BCUT2D eigenvalue weighted by Gasteiger charge is 2.14. The smallest absolute Gasteiger partial charge is 0.244 e. The Labute approximate surface area is 167 Å². The van der Waals surface area contributed by atoms with Crippen molar-refractivity contribution in [3.05, 3.63) is 64.1 Å². The first-order chi connectivity index (χ1) is 13.0. The maximum atomic E-state index is 12.3. The van der Waals surface area contributed by atoms with Crippen LogP contribution in [0.15, 0.2) is 34.8 Å². The minimum absolute atomic E-state index is 0.118. The molecule has 2 rings (SSSR count). The van der Waals surface area contributed by atoms with Gasteiger partial charge in [-0.05, 0) is 68.2 Å². The van der Waals surface area contributed by atoms with Gasteiger partial charge in [-0.2, -0.15) is 4.31 Å². The fourth-order valence-electron chi connectivity index (χ4n) is 2.85. The summed E-state index contributed by atoms with van der Waals surface area (Å²) in [6.07, 6.45) is 4.12. The van der Waals surface area contributed by atoms with E-state index in [1.165, 1.54) is 28.6 Å². The average molecular weight is 405 g/mol. The van der Waals surface area contributed by atoms with Gasteiger partial charge < -0.3 is 9.73 Å². The third kappa shape index (κ3) is 5.81. The molecule has 1 amide bonds. The van der Waals surface area contributed by atoms with Crippen LogP contribution in [0.2, 0.25) is 0 Å². The molecular weight excluding hydrogens is 376 g/mol. The van der Waals surface area contributed by atoms with Crippen molar-refractivity contribution in [2.75, 3.05) is 13.3 Å². The van der Waals surface area contributed by atoms with Gasteiger partial charge in [-0.3, -0.25) is 4.79 Å². The maximum absolute atomic E-state index is 12.3. The number of furan rings is 1. The highest BCUT2D eigenvalue weighted by molar-refractivity contribution is 7.88. The molecule has 0 unspecified atom stereocenters. The number of hydrogen-bond donors (Lipinski definition) is 1. The Hall–Kier alpha value is -2.38. The lowest BCUT2D eigenvalue weighted by atomic mass is 9.96. The van der Waals surface area contributed by atoms with E-state index in [1.54, 1.807) is 18.2 Å². The molecule has 1 aromatic heterocycles. The second-order valence-corrected chi connectivity index (χ2v) is 9.27. The van der Waals surface area contributed by atoms with E-state index in [9.17, 15) is 13.2 Å². The van der Waals surface area contributed by atoms with E-state index in [-0.39, 0.29) is 18.5 Å². The molecule has 152 valence electrons. The van der Waals surface area contributed by atoms with Crippen molar-refractivity contribution in [1.29, 1.82) is 0 Å². The number of nitrogens with one attached hydrogen (secondary N) is 1. The average Bonchev–Trinajstić information content (AvgIpc) is 3.02. The number of hydrogen-bond acceptors (Lipinski definition) is 4. The van der Waals surface area contributed by atoms with Crippen molar-refractivity contribution in [1.82, 2.24) is 9.62 Å². The second kappa shape index (κ2) is 8.75. The molecule has 1 aromatic carbocycles. The van der Waals surface area contributed by atoms with Gasteiger partial charge in [-0.15, -0.1) is 0 Å². The number of rotatable bonds is 7. The van der Waals surface area contributed by atoms with Gasteiger partial charge in [0.15, 0.2) is 0 Å². The largest absolute Gasteiger partial charge is 0.460 e. The zero-order valence-electron chi connectivity index (χ0n) is 17.2. The number of amides is 1. The molecule has 28 heavy (non-hydrogen) atoms. The lowest BCUT2D eigenvalue weighted by Crippen LogP contribution is -2.25. The lowest BCUT2D eigenvalue weighted by Gasteiger charge is -2.17. The number of aryl methyl sites for hydroxylation is 3. The number of carbonyl (C=O) groups excluding carboxylic acids is 1. The van der Waals surface area contributed by atoms with E-state index in [1.807, 2.05) is 13.8 Å². The van der Waals surface area contributed by atoms with E-state index >= 15 is 0 Å². The zero-order valence-corrected chi connectivity index (χ0v) is 18.1. The quantitative estimate of drug-likeness (QED) is 0.717. The van der Waals surface area contributed by atoms with Crippen molar-refractivity contribution >= 4 is 22.0 Å². The first-order valence-electron chi connectivity index (χ1n) is 9.03. The lowest BCUT2D eigenvalue weighted by molar-refractivity contribution is -0.117. The van der Waals surface area contributed by atoms with Crippen molar-refractivity contribution in [3.63, 3.8) is 0 Å². The van der Waals surface area contributed by atoms with E-state index in [0.29, 0.717) is 11.5 Å². The summed E-state index contributed by atoms with van der Waals surface area (Å²) >= 11 is 0. The molecule has 0 aliphatic rings. The third-order valence-corrected chi connectivity index (χ3v) is 6.00. The molecule has 0 aliphatic carbocycles. The first-order valence-corrected chi connectivity index (χ1v) is 10.9. The third-order valence-electron chi connectivity index (χ3n) is 4.73. The fourth-order valence-corrected chi connectivity index (χ4v) is 3.21. The SMILES string of the molecule is Cc1cc(C)c([C@@H](C)NC(=O)/C=C/c2ccc(CN(C)S(C)(=O)=O)o2)cc1C. The van der Waals surface area contributed by atoms with Crippen LogP contribution in [0.25, 0.3) is 6.08 Å². The molecule has 0 bridgehead atoms. The summed E-state index contributed by atoms with van der Waals surface area (Å²) in [4.78, 5) is 12.3. The van der Waals surface area contributed by atoms with Gasteiger partial charge in [-0.1, -0.05) is 12.1 Å². The molecule has 7 heteroatoms. The van der Waals surface area contributed by atoms with Gasteiger partial charge in [0.2, 0.25) is 15.9 Å². The summed E-state index contributed by atoms with van der Waals surface area (Å²) in [6.45, 7) is 8.26. The highest BCUT2D eigenvalue weighted by Crippen LogP contribution is 2.21. The second-order valence-electron chi connectivity index (χ2n) is 7.18. The zero-order chi connectivity index (χ0) is 21.1. The van der Waals surface area contributed by atoms with Crippen LogP contribution < -0.4 is 5.32 Å². The Morgan fingerprint density at radius 2 is 1.82 bits per heavy atom. The van der Waals surface area contributed by atoms with E-state index in [2.05, 4.69) is 31.3 Å². The van der Waals surface area contributed by atoms with Gasteiger partial charge in [0.05, 0.1) is 18.8 Å². The van der Waals surface area contributed by atoms with E-state index < -0.39 is 10.0 Å². The Balaban J connectivity index is 2.00. The van der Waals surface area contributed by atoms with Gasteiger partial charge in [0.25, 0.3) is 0 Å². The molecule has 0 aliphatic heterocycles. The van der Waals surface area contributed by atoms with Gasteiger partial charge in [0.1, 0.15) is 11.5 Å². The minimum Gasteiger partial charge on any atom is -0.460 e. The van der Waals surface area contributed by atoms with Crippen LogP contribution >= 0.6 is 0 Å². The number of carbonyl (C=O) groups is 1. The molecule has 1 atom stereocenters. The van der Waals surface area contributed by atoms with Crippen LogP contribution in [0.1, 0.15) is 46.7 Å². The van der Waals surface area contributed by atoms with Crippen LogP contribution in [0, 0.1) is 20.8 Å². The van der Waals surface area contributed by atoms with E-state index in [0.717, 1.165) is 17.4 Å². The summed E-state index contributed by atoms with van der Waals surface area (Å²) in [5, 5.41) is 2.96. The molecule has 6 nitrogen and oxygen atoms in total. The van der Waals surface area contributed by atoms with Crippen molar-refractivity contribution < 1.29 is 17.6 Å².